The van der Waals surface area contributed by atoms with Gasteiger partial charge in [-0.05, 0) is 25.8 Å². The van der Waals surface area contributed by atoms with Crippen LogP contribution in [0.5, 0.6) is 0 Å². The summed E-state index contributed by atoms with van der Waals surface area (Å²) in [5, 5.41) is 30.7. The highest BCUT2D eigenvalue weighted by atomic mass is 16.6. The van der Waals surface area contributed by atoms with Gasteiger partial charge in [-0.15, -0.1) is 0 Å². The van der Waals surface area contributed by atoms with Crippen LogP contribution in [0.25, 0.3) is 0 Å². The molecule has 100 valence electrons. The maximum atomic E-state index is 11.0. The van der Waals surface area contributed by atoms with Crippen molar-refractivity contribution < 1.29 is 9.85 Å². The van der Waals surface area contributed by atoms with E-state index < -0.39 is 15.3 Å². The standard InChI is InChI=1S/C12H13N3O4/c1-3-12(2,8-13)7-9-4-5-10(14(16)17)6-11(9)15(18)19/h4-6H,3,7H2,1-2H3. The molecule has 0 N–H and O–H groups in total. The van der Waals surface area contributed by atoms with Crippen molar-refractivity contribution in [3.63, 3.8) is 0 Å². The molecule has 1 unspecified atom stereocenters. The van der Waals surface area contributed by atoms with Gasteiger partial charge in [-0.2, -0.15) is 5.26 Å². The van der Waals surface area contributed by atoms with Crippen LogP contribution in [0.3, 0.4) is 0 Å². The van der Waals surface area contributed by atoms with Gasteiger partial charge in [-0.1, -0.05) is 6.92 Å². The van der Waals surface area contributed by atoms with E-state index in [-0.39, 0.29) is 17.8 Å². The smallest absolute Gasteiger partial charge is 0.258 e. The molecule has 1 rings (SSSR count). The van der Waals surface area contributed by atoms with E-state index >= 15 is 0 Å². The Morgan fingerprint density at radius 3 is 2.37 bits per heavy atom. The predicted octanol–water partition coefficient (Wildman–Crippen LogP) is 2.99. The fourth-order valence-corrected chi connectivity index (χ4v) is 1.65. The van der Waals surface area contributed by atoms with Gasteiger partial charge in [0.15, 0.2) is 0 Å². The van der Waals surface area contributed by atoms with Crippen molar-refractivity contribution in [2.24, 2.45) is 5.41 Å². The number of nitro benzene ring substituents is 2. The van der Waals surface area contributed by atoms with E-state index in [2.05, 4.69) is 6.07 Å². The number of nitriles is 1. The first-order valence-corrected chi connectivity index (χ1v) is 5.66. The summed E-state index contributed by atoms with van der Waals surface area (Å²) in [5.74, 6) is 0. The zero-order valence-corrected chi connectivity index (χ0v) is 10.6. The Hall–Kier alpha value is -2.49. The van der Waals surface area contributed by atoms with E-state index in [4.69, 9.17) is 5.26 Å². The highest BCUT2D eigenvalue weighted by molar-refractivity contribution is 5.49. The Morgan fingerprint density at radius 2 is 1.95 bits per heavy atom. The summed E-state index contributed by atoms with van der Waals surface area (Å²) in [5.41, 5.74) is -1.03. The quantitative estimate of drug-likeness (QED) is 0.599. The molecule has 0 aliphatic rings. The number of benzene rings is 1. The van der Waals surface area contributed by atoms with Crippen LogP contribution in [0.4, 0.5) is 11.4 Å². The van der Waals surface area contributed by atoms with Crippen molar-refractivity contribution in [3.05, 3.63) is 44.0 Å². The second kappa shape index (κ2) is 5.44. The van der Waals surface area contributed by atoms with Gasteiger partial charge in [-0.3, -0.25) is 20.2 Å². The Balaban J connectivity index is 3.26. The highest BCUT2D eigenvalue weighted by Crippen LogP contribution is 2.32. The normalized spacial score (nSPS) is 13.3. The van der Waals surface area contributed by atoms with Gasteiger partial charge >= 0.3 is 0 Å². The van der Waals surface area contributed by atoms with E-state index in [1.807, 2.05) is 6.92 Å². The molecular formula is C12H13N3O4. The lowest BCUT2D eigenvalue weighted by Gasteiger charge is -2.18. The number of nitro groups is 2. The van der Waals surface area contributed by atoms with Crippen molar-refractivity contribution in [1.82, 2.24) is 0 Å². The highest BCUT2D eigenvalue weighted by Gasteiger charge is 2.27. The van der Waals surface area contributed by atoms with Crippen LogP contribution in [0, 0.1) is 37.0 Å². The van der Waals surface area contributed by atoms with Crippen molar-refractivity contribution in [2.75, 3.05) is 0 Å². The molecule has 0 heterocycles. The molecule has 0 spiro atoms. The van der Waals surface area contributed by atoms with Crippen molar-refractivity contribution in [1.29, 1.82) is 5.26 Å². The average molecular weight is 263 g/mol. The zero-order chi connectivity index (χ0) is 14.6. The molecule has 1 aromatic rings. The molecule has 7 nitrogen and oxygen atoms in total. The Labute approximate surface area is 109 Å². The maximum Gasteiger partial charge on any atom is 0.279 e. The van der Waals surface area contributed by atoms with Gasteiger partial charge in [0.25, 0.3) is 11.4 Å². The summed E-state index contributed by atoms with van der Waals surface area (Å²) >= 11 is 0. The van der Waals surface area contributed by atoms with Crippen LogP contribution >= 0.6 is 0 Å². The number of hydrogen-bond acceptors (Lipinski definition) is 5. The minimum absolute atomic E-state index is 0.189. The SMILES string of the molecule is CCC(C)(C#N)Cc1ccc([N+](=O)[O-])cc1[N+](=O)[O-]. The van der Waals surface area contributed by atoms with Crippen LogP contribution < -0.4 is 0 Å². The molecule has 0 saturated carbocycles. The van der Waals surface area contributed by atoms with Crippen molar-refractivity contribution in [3.8, 4) is 6.07 Å². The summed E-state index contributed by atoms with van der Waals surface area (Å²) in [7, 11) is 0. The Bertz CT molecular complexity index is 565. The van der Waals surface area contributed by atoms with E-state index in [1.54, 1.807) is 6.92 Å². The van der Waals surface area contributed by atoms with Gasteiger partial charge in [0.05, 0.1) is 27.4 Å². The monoisotopic (exact) mass is 263 g/mol. The maximum absolute atomic E-state index is 11.0. The molecule has 0 bridgehead atoms. The van der Waals surface area contributed by atoms with E-state index in [0.717, 1.165) is 6.07 Å². The minimum atomic E-state index is -0.721. The first-order chi connectivity index (χ1) is 8.83. The Kier molecular flexibility index (Phi) is 4.17. The van der Waals surface area contributed by atoms with Gasteiger partial charge in [0.2, 0.25) is 0 Å². The van der Waals surface area contributed by atoms with E-state index in [9.17, 15) is 20.2 Å². The topological polar surface area (TPSA) is 110 Å². The lowest BCUT2D eigenvalue weighted by Crippen LogP contribution is -2.16. The second-order valence-corrected chi connectivity index (χ2v) is 4.53. The van der Waals surface area contributed by atoms with Gasteiger partial charge in [0.1, 0.15) is 0 Å². The van der Waals surface area contributed by atoms with Crippen LogP contribution in [0.15, 0.2) is 18.2 Å². The molecule has 1 atom stereocenters. The molecule has 0 radical (unpaired) electrons. The molecule has 0 aliphatic heterocycles. The molecule has 7 heteroatoms. The van der Waals surface area contributed by atoms with Gasteiger partial charge < -0.3 is 0 Å². The average Bonchev–Trinajstić information content (AvgIpc) is 2.38. The minimum Gasteiger partial charge on any atom is -0.258 e. The third-order valence-corrected chi connectivity index (χ3v) is 3.11. The van der Waals surface area contributed by atoms with Crippen LogP contribution in [0.2, 0.25) is 0 Å². The number of non-ortho nitro benzene ring substituents is 1. The summed E-state index contributed by atoms with van der Waals surface area (Å²) in [6.07, 6.45) is 0.728. The summed E-state index contributed by atoms with van der Waals surface area (Å²) in [6.45, 7) is 3.53. The van der Waals surface area contributed by atoms with Crippen molar-refractivity contribution in [2.45, 2.75) is 26.7 Å². The Morgan fingerprint density at radius 1 is 1.32 bits per heavy atom. The molecule has 0 aromatic heterocycles. The van der Waals surface area contributed by atoms with Crippen LogP contribution in [0.1, 0.15) is 25.8 Å². The first kappa shape index (κ1) is 14.6. The fourth-order valence-electron chi connectivity index (χ4n) is 1.65. The number of nitrogens with zero attached hydrogens (tertiary/aromatic N) is 3. The second-order valence-electron chi connectivity index (χ2n) is 4.53. The molecule has 19 heavy (non-hydrogen) atoms. The molecule has 0 fully saturated rings. The third kappa shape index (κ3) is 3.25. The predicted molar refractivity (Wildman–Crippen MR) is 67.5 cm³/mol. The zero-order valence-electron chi connectivity index (χ0n) is 10.6. The lowest BCUT2D eigenvalue weighted by molar-refractivity contribution is -0.394. The summed E-state index contributed by atoms with van der Waals surface area (Å²) < 4.78 is 0. The van der Waals surface area contributed by atoms with Crippen molar-refractivity contribution >= 4 is 11.4 Å². The molecule has 0 aliphatic carbocycles. The van der Waals surface area contributed by atoms with Gasteiger partial charge in [0, 0.05) is 11.6 Å². The molecule has 0 amide bonds. The number of hydrogen-bond donors (Lipinski definition) is 0. The molecule has 1 aromatic carbocycles. The van der Waals surface area contributed by atoms with Crippen LogP contribution in [-0.2, 0) is 6.42 Å². The summed E-state index contributed by atoms with van der Waals surface area (Å²) in [6, 6.07) is 5.62. The largest absolute Gasteiger partial charge is 0.279 e. The number of rotatable bonds is 5. The molecule has 0 saturated heterocycles. The fraction of sp³-hybridized carbons (Fsp3) is 0.417. The van der Waals surface area contributed by atoms with E-state index in [1.165, 1.54) is 12.1 Å². The van der Waals surface area contributed by atoms with Crippen LogP contribution in [-0.4, -0.2) is 9.85 Å². The summed E-state index contributed by atoms with van der Waals surface area (Å²) in [4.78, 5) is 20.2. The first-order valence-electron chi connectivity index (χ1n) is 5.66. The third-order valence-electron chi connectivity index (χ3n) is 3.11. The lowest BCUT2D eigenvalue weighted by atomic mass is 9.82. The molecular weight excluding hydrogens is 250 g/mol. The van der Waals surface area contributed by atoms with Gasteiger partial charge in [-0.25, -0.2) is 0 Å². The van der Waals surface area contributed by atoms with E-state index in [0.29, 0.717) is 12.0 Å².